The van der Waals surface area contributed by atoms with Gasteiger partial charge in [0.2, 0.25) is 6.23 Å². The van der Waals surface area contributed by atoms with Crippen LogP contribution in [0.2, 0.25) is 0 Å². The second-order valence-corrected chi connectivity index (χ2v) is 11.4. The molecule has 2 aromatic carbocycles. The molecule has 2 aromatic rings. The van der Waals surface area contributed by atoms with Crippen molar-refractivity contribution in [3.05, 3.63) is 48.0 Å². The van der Waals surface area contributed by atoms with Gasteiger partial charge in [-0.3, -0.25) is 9.38 Å². The first-order valence-corrected chi connectivity index (χ1v) is 13.7. The van der Waals surface area contributed by atoms with E-state index >= 15 is 0 Å². The number of anilines is 2. The third-order valence-electron chi connectivity index (χ3n) is 7.75. The van der Waals surface area contributed by atoms with Crippen LogP contribution < -0.4 is 10.0 Å². The normalized spacial score (nSPS) is 30.0. The molecule has 0 unspecified atom stereocenters. The highest BCUT2D eigenvalue weighted by atomic mass is 32.2. The number of benzene rings is 2. The molecule has 3 aliphatic rings. The minimum Gasteiger partial charge on any atom is -0.547 e. The van der Waals surface area contributed by atoms with Gasteiger partial charge in [0.15, 0.2) is 6.10 Å². The zero-order valence-corrected chi connectivity index (χ0v) is 22.1. The Morgan fingerprint density at radius 1 is 1.07 bits per heavy atom. The van der Waals surface area contributed by atoms with Crippen molar-refractivity contribution < 1.29 is 51.7 Å². The lowest BCUT2D eigenvalue weighted by Crippen LogP contribution is -2.73. The summed E-state index contributed by atoms with van der Waals surface area (Å²) in [5, 5.41) is 42.5. The predicted molar refractivity (Wildman–Crippen MR) is 138 cm³/mol. The van der Waals surface area contributed by atoms with Gasteiger partial charge in [0.25, 0.3) is 0 Å². The van der Waals surface area contributed by atoms with Crippen LogP contribution in [0.3, 0.4) is 0 Å². The Morgan fingerprint density at radius 2 is 1.77 bits per heavy atom. The van der Waals surface area contributed by atoms with Gasteiger partial charge in [-0.2, -0.15) is 13.2 Å². The molecular weight excluding hydrogens is 551 g/mol. The first-order chi connectivity index (χ1) is 20.1. The van der Waals surface area contributed by atoms with E-state index in [2.05, 4.69) is 0 Å². The molecule has 9 nitrogen and oxygen atoms in total. The highest BCUT2D eigenvalue weighted by molar-refractivity contribution is 7.99. The Hall–Kier alpha value is -2.39. The number of carboxylic acid groups (broad SMARTS) is 1. The van der Waals surface area contributed by atoms with E-state index < -0.39 is 59.8 Å². The summed E-state index contributed by atoms with van der Waals surface area (Å²) in [5.74, 6) is -1.84. The molecule has 3 N–H and O–H groups in total. The molecule has 3 heterocycles. The second-order valence-electron chi connectivity index (χ2n) is 10.3. The number of para-hydroxylation sites is 1. The van der Waals surface area contributed by atoms with Gasteiger partial charge in [-0.15, -0.1) is 0 Å². The van der Waals surface area contributed by atoms with Gasteiger partial charge < -0.3 is 34.9 Å². The number of halogens is 3. The molecule has 0 radical (unpaired) electrons. The summed E-state index contributed by atoms with van der Waals surface area (Å²) in [4.78, 5) is 17.0. The number of aliphatic hydroxyl groups is 3. The fourth-order valence-electron chi connectivity index (χ4n) is 5.51. The summed E-state index contributed by atoms with van der Waals surface area (Å²) in [7, 11) is 0. The SMILES string of the molecule is [2H]C([2H])([2H])[N+]1([C@@H]2O[C@H](C(=O)[O-])[C@@H](O)[C@H](O)[C@H]2O)CCN(CCCN2c3ccccc3Sc3ccc(C(F)(F)F)cc32)CC1. The number of nitrogens with zero attached hydrogens (tertiary/aromatic N) is 3. The van der Waals surface area contributed by atoms with E-state index in [-0.39, 0.29) is 26.2 Å². The molecule has 0 bridgehead atoms. The van der Waals surface area contributed by atoms with Crippen LogP contribution in [0.15, 0.2) is 52.3 Å². The van der Waals surface area contributed by atoms with E-state index in [0.29, 0.717) is 30.1 Å². The van der Waals surface area contributed by atoms with Crippen molar-refractivity contribution in [1.29, 1.82) is 0 Å². The third kappa shape index (κ3) is 5.56. The van der Waals surface area contributed by atoms with Crippen molar-refractivity contribution >= 4 is 29.1 Å². The minimum atomic E-state index is -4.49. The first-order valence-electron chi connectivity index (χ1n) is 14.4. The van der Waals surface area contributed by atoms with Crippen molar-refractivity contribution in [3.63, 3.8) is 0 Å². The molecular formula is C27H32F3N3O6S. The Labute approximate surface area is 238 Å². The summed E-state index contributed by atoms with van der Waals surface area (Å²) in [6, 6.07) is 11.2. The Kier molecular flexibility index (Phi) is 7.04. The average molecular weight is 587 g/mol. The van der Waals surface area contributed by atoms with E-state index in [4.69, 9.17) is 8.85 Å². The van der Waals surface area contributed by atoms with Crippen LogP contribution in [0.1, 0.15) is 16.1 Å². The highest BCUT2D eigenvalue weighted by Crippen LogP contribution is 2.49. The molecule has 5 atom stereocenters. The lowest BCUT2D eigenvalue weighted by Gasteiger charge is -2.51. The second kappa shape index (κ2) is 11.1. The average Bonchev–Trinajstić information content (AvgIpc) is 2.94. The number of hydrogen-bond donors (Lipinski definition) is 3. The summed E-state index contributed by atoms with van der Waals surface area (Å²) >= 11 is 1.40. The number of fused-ring (bicyclic) bond motifs is 2. The van der Waals surface area contributed by atoms with E-state index in [1.807, 2.05) is 34.1 Å². The molecule has 5 rings (SSSR count). The zero-order chi connectivity index (χ0) is 31.3. The first kappa shape index (κ1) is 25.3. The van der Waals surface area contributed by atoms with Gasteiger partial charge in [-0.05, 0) is 36.8 Å². The fraction of sp³-hybridized carbons (Fsp3) is 0.519. The number of carbonyl (C=O) groups is 1. The van der Waals surface area contributed by atoms with Gasteiger partial charge in [0, 0.05) is 36.0 Å². The van der Waals surface area contributed by atoms with Crippen LogP contribution in [0, 0.1) is 0 Å². The molecule has 0 saturated carbocycles. The zero-order valence-electron chi connectivity index (χ0n) is 24.3. The van der Waals surface area contributed by atoms with Crippen LogP contribution in [0.5, 0.6) is 0 Å². The lowest BCUT2D eigenvalue weighted by atomic mass is 9.96. The summed E-state index contributed by atoms with van der Waals surface area (Å²) in [6.45, 7) is -1.60. The smallest absolute Gasteiger partial charge is 0.416 e. The topological polar surface area (TPSA) is 117 Å². The number of carboxylic acids is 1. The Balaban J connectivity index is 1.29. The Morgan fingerprint density at radius 3 is 2.45 bits per heavy atom. The molecule has 0 amide bonds. The maximum Gasteiger partial charge on any atom is 0.416 e. The molecule has 2 saturated heterocycles. The molecule has 2 fully saturated rings. The van der Waals surface area contributed by atoms with Gasteiger partial charge in [0.05, 0.1) is 47.1 Å². The summed E-state index contributed by atoms with van der Waals surface area (Å²) < 4.78 is 69.8. The lowest BCUT2D eigenvalue weighted by molar-refractivity contribution is -0.964. The highest BCUT2D eigenvalue weighted by Gasteiger charge is 2.52. The van der Waals surface area contributed by atoms with E-state index in [9.17, 15) is 38.4 Å². The van der Waals surface area contributed by atoms with Gasteiger partial charge in [-0.1, -0.05) is 23.9 Å². The van der Waals surface area contributed by atoms with Crippen LogP contribution in [0.4, 0.5) is 24.5 Å². The van der Waals surface area contributed by atoms with Crippen molar-refractivity contribution in [2.24, 2.45) is 0 Å². The Bertz CT molecular complexity index is 1350. The van der Waals surface area contributed by atoms with Crippen LogP contribution in [0.25, 0.3) is 0 Å². The van der Waals surface area contributed by atoms with E-state index in [1.54, 1.807) is 0 Å². The maximum atomic E-state index is 13.5. The largest absolute Gasteiger partial charge is 0.547 e. The number of likely N-dealkylation sites (N-methyl/N-ethyl adjacent to an activating group) is 1. The van der Waals surface area contributed by atoms with Crippen LogP contribution in [-0.2, 0) is 15.7 Å². The molecule has 40 heavy (non-hydrogen) atoms. The number of rotatable bonds is 6. The quantitative estimate of drug-likeness (QED) is 0.427. The minimum absolute atomic E-state index is 0.0816. The van der Waals surface area contributed by atoms with Crippen LogP contribution in [-0.4, -0.2) is 108 Å². The predicted octanol–water partition coefficient (Wildman–Crippen LogP) is 1.02. The standard InChI is InChI=1S/C27H32F3N3O6S/c1-33(25-23(36)21(34)22(35)24(39-25)26(37)38)13-11-31(12-14-33)9-4-10-32-17-5-2-3-6-19(17)40-20-8-7-16(15-18(20)32)27(28,29)30/h2-3,5-8,15,21-25,34-36H,4,9-14H2,1H3/t21-,22-,23+,24-,25+/m0/s1/i1D3. The fourth-order valence-corrected chi connectivity index (χ4v) is 6.58. The van der Waals surface area contributed by atoms with E-state index in [1.165, 1.54) is 17.8 Å². The number of quaternary nitrogens is 1. The van der Waals surface area contributed by atoms with E-state index in [0.717, 1.165) is 22.7 Å². The van der Waals surface area contributed by atoms with Crippen molar-refractivity contribution in [2.45, 2.75) is 53.0 Å². The summed E-state index contributed by atoms with van der Waals surface area (Å²) in [5.41, 5.74) is 0.515. The number of carbonyl (C=O) groups excluding carboxylic acids is 1. The molecule has 218 valence electrons. The van der Waals surface area contributed by atoms with Crippen molar-refractivity contribution in [2.75, 3.05) is 51.1 Å². The van der Waals surface area contributed by atoms with Crippen molar-refractivity contribution in [3.8, 4) is 0 Å². The third-order valence-corrected chi connectivity index (χ3v) is 8.88. The number of hydrogen-bond acceptors (Lipinski definition) is 9. The van der Waals surface area contributed by atoms with Crippen molar-refractivity contribution in [1.82, 2.24) is 4.90 Å². The number of aliphatic hydroxyl groups excluding tert-OH is 3. The maximum absolute atomic E-state index is 13.5. The molecule has 0 aliphatic carbocycles. The monoisotopic (exact) mass is 586 g/mol. The number of alkyl halides is 3. The van der Waals surface area contributed by atoms with Gasteiger partial charge in [0.1, 0.15) is 18.3 Å². The van der Waals surface area contributed by atoms with Crippen LogP contribution >= 0.6 is 11.8 Å². The number of piperazine rings is 1. The van der Waals surface area contributed by atoms with Gasteiger partial charge >= 0.3 is 6.18 Å². The van der Waals surface area contributed by atoms with Gasteiger partial charge in [-0.25, -0.2) is 0 Å². The number of aliphatic carboxylic acids is 1. The number of ether oxygens (including phenoxy) is 1. The summed E-state index contributed by atoms with van der Waals surface area (Å²) in [6.07, 6.45) is -13.5. The molecule has 13 heteroatoms. The molecule has 3 aliphatic heterocycles. The molecule has 0 spiro atoms. The molecule has 0 aromatic heterocycles.